The number of hydrogen-bond donors (Lipinski definition) is 0. The number of imidazole rings is 1. The first-order chi connectivity index (χ1) is 8.29. The van der Waals surface area contributed by atoms with Gasteiger partial charge in [-0.15, -0.1) is 21.5 Å². The Kier molecular flexibility index (Phi) is 2.45. The number of nitrogens with zero attached hydrogens (tertiary/aromatic N) is 5. The first-order valence-corrected chi connectivity index (χ1v) is 6.42. The summed E-state index contributed by atoms with van der Waals surface area (Å²) in [4.78, 5) is 16.3. The first kappa shape index (κ1) is 10.5. The lowest BCUT2D eigenvalue weighted by atomic mass is 10.5. The van der Waals surface area contributed by atoms with Crippen LogP contribution in [-0.2, 0) is 7.05 Å². The summed E-state index contributed by atoms with van der Waals surface area (Å²) in [5, 5.41) is 11.0. The lowest BCUT2D eigenvalue weighted by molar-refractivity contribution is 0.111. The van der Waals surface area contributed by atoms with Crippen LogP contribution in [0.4, 0.5) is 0 Å². The van der Waals surface area contributed by atoms with E-state index >= 15 is 0 Å². The molecular weight excluding hydrogens is 258 g/mol. The number of aryl methyl sites for hydroxylation is 1. The highest BCUT2D eigenvalue weighted by molar-refractivity contribution is 7.99. The lowest BCUT2D eigenvalue weighted by Crippen LogP contribution is -1.92. The molecule has 3 heterocycles. The molecule has 0 amide bonds. The number of fused-ring (bicyclic) bond motifs is 1. The van der Waals surface area contributed by atoms with Crippen molar-refractivity contribution in [2.75, 3.05) is 0 Å². The SMILES string of the molecule is Cn1cnnc1Sc1nc2sccn2c1C=O. The fourth-order valence-electron chi connectivity index (χ4n) is 1.42. The zero-order valence-electron chi connectivity index (χ0n) is 8.77. The standard InChI is InChI=1S/C9H7N5OS2/c1-13-5-10-12-9(13)17-7-6(4-15)14-2-3-16-8(14)11-7/h2-5H,1H3. The average Bonchev–Trinajstić information content (AvgIpc) is 2.96. The van der Waals surface area contributed by atoms with Crippen LogP contribution in [0, 0.1) is 0 Å². The highest BCUT2D eigenvalue weighted by Crippen LogP contribution is 2.29. The molecule has 0 saturated heterocycles. The van der Waals surface area contributed by atoms with Crippen LogP contribution in [0.1, 0.15) is 10.5 Å². The Bertz CT molecular complexity index is 682. The van der Waals surface area contributed by atoms with E-state index < -0.39 is 0 Å². The van der Waals surface area contributed by atoms with Crippen molar-refractivity contribution in [3.63, 3.8) is 0 Å². The second-order valence-electron chi connectivity index (χ2n) is 3.30. The molecule has 0 N–H and O–H groups in total. The number of aromatic nitrogens is 5. The van der Waals surface area contributed by atoms with Gasteiger partial charge in [0.1, 0.15) is 17.0 Å². The summed E-state index contributed by atoms with van der Waals surface area (Å²) >= 11 is 2.83. The Balaban J connectivity index is 2.08. The van der Waals surface area contributed by atoms with Gasteiger partial charge in [0.05, 0.1) is 0 Å². The summed E-state index contributed by atoms with van der Waals surface area (Å²) in [7, 11) is 1.85. The molecular formula is C9H7N5OS2. The zero-order chi connectivity index (χ0) is 11.8. The molecule has 0 aliphatic carbocycles. The Morgan fingerprint density at radius 1 is 1.53 bits per heavy atom. The van der Waals surface area contributed by atoms with Gasteiger partial charge in [-0.05, 0) is 11.8 Å². The van der Waals surface area contributed by atoms with Crippen molar-refractivity contribution in [1.82, 2.24) is 24.1 Å². The Morgan fingerprint density at radius 2 is 2.41 bits per heavy atom. The Morgan fingerprint density at radius 3 is 3.12 bits per heavy atom. The molecule has 0 fully saturated rings. The smallest absolute Gasteiger partial charge is 0.197 e. The van der Waals surface area contributed by atoms with Crippen LogP contribution in [0.25, 0.3) is 4.96 Å². The summed E-state index contributed by atoms with van der Waals surface area (Å²) in [6, 6.07) is 0. The summed E-state index contributed by atoms with van der Waals surface area (Å²) in [5.41, 5.74) is 0.550. The van der Waals surface area contributed by atoms with Crippen molar-refractivity contribution in [1.29, 1.82) is 0 Å². The topological polar surface area (TPSA) is 65.1 Å². The van der Waals surface area contributed by atoms with Gasteiger partial charge in [0.2, 0.25) is 0 Å². The molecule has 0 aromatic carbocycles. The normalized spacial score (nSPS) is 11.1. The molecule has 8 heteroatoms. The van der Waals surface area contributed by atoms with Crippen LogP contribution in [0.3, 0.4) is 0 Å². The third-order valence-electron chi connectivity index (χ3n) is 2.23. The van der Waals surface area contributed by atoms with Gasteiger partial charge in [0, 0.05) is 18.6 Å². The third kappa shape index (κ3) is 1.65. The van der Waals surface area contributed by atoms with E-state index in [9.17, 15) is 4.79 Å². The molecule has 3 aromatic heterocycles. The fourth-order valence-corrected chi connectivity index (χ4v) is 3.03. The molecule has 17 heavy (non-hydrogen) atoms. The highest BCUT2D eigenvalue weighted by atomic mass is 32.2. The maximum Gasteiger partial charge on any atom is 0.197 e. The van der Waals surface area contributed by atoms with Crippen molar-refractivity contribution in [2.45, 2.75) is 10.2 Å². The second-order valence-corrected chi connectivity index (χ2v) is 5.13. The van der Waals surface area contributed by atoms with Crippen LogP contribution in [-0.4, -0.2) is 30.4 Å². The summed E-state index contributed by atoms with van der Waals surface area (Å²) in [6.07, 6.45) is 4.25. The largest absolute Gasteiger partial charge is 0.311 e. The summed E-state index contributed by atoms with van der Waals surface area (Å²) in [5.74, 6) is 0. The van der Waals surface area contributed by atoms with E-state index in [1.165, 1.54) is 23.1 Å². The van der Waals surface area contributed by atoms with Gasteiger partial charge in [0.25, 0.3) is 0 Å². The van der Waals surface area contributed by atoms with Crippen LogP contribution >= 0.6 is 23.1 Å². The molecule has 0 spiro atoms. The van der Waals surface area contributed by atoms with Gasteiger partial charge < -0.3 is 4.57 Å². The summed E-state index contributed by atoms with van der Waals surface area (Å²) < 4.78 is 3.56. The molecule has 0 saturated carbocycles. The maximum absolute atomic E-state index is 11.1. The Hall–Kier alpha value is -1.67. The molecule has 0 unspecified atom stereocenters. The van der Waals surface area contributed by atoms with Gasteiger partial charge >= 0.3 is 0 Å². The number of rotatable bonds is 3. The molecule has 0 aliphatic heterocycles. The highest BCUT2D eigenvalue weighted by Gasteiger charge is 2.15. The zero-order valence-corrected chi connectivity index (χ0v) is 10.4. The number of thiazole rings is 1. The van der Waals surface area contributed by atoms with E-state index in [-0.39, 0.29) is 0 Å². The number of carbonyl (C=O) groups excluding carboxylic acids is 1. The van der Waals surface area contributed by atoms with Gasteiger partial charge in [-0.1, -0.05) is 0 Å². The van der Waals surface area contributed by atoms with E-state index in [2.05, 4.69) is 15.2 Å². The van der Waals surface area contributed by atoms with Gasteiger partial charge in [-0.25, -0.2) is 4.98 Å². The minimum Gasteiger partial charge on any atom is -0.311 e. The molecule has 0 bridgehead atoms. The van der Waals surface area contributed by atoms with Gasteiger partial charge in [-0.3, -0.25) is 9.20 Å². The third-order valence-corrected chi connectivity index (χ3v) is 4.04. The van der Waals surface area contributed by atoms with Crippen molar-refractivity contribution < 1.29 is 4.79 Å². The number of aldehydes is 1. The molecule has 0 atom stereocenters. The van der Waals surface area contributed by atoms with Crippen LogP contribution in [0.15, 0.2) is 28.1 Å². The van der Waals surface area contributed by atoms with E-state index in [0.29, 0.717) is 15.9 Å². The Labute approximate surface area is 104 Å². The molecule has 0 aliphatic rings. The maximum atomic E-state index is 11.1. The van der Waals surface area contributed by atoms with E-state index in [4.69, 9.17) is 0 Å². The molecule has 86 valence electrons. The predicted molar refractivity (Wildman–Crippen MR) is 63.6 cm³/mol. The van der Waals surface area contributed by atoms with Crippen LogP contribution < -0.4 is 0 Å². The second kappa shape index (κ2) is 3.97. The minimum absolute atomic E-state index is 0.550. The van der Waals surface area contributed by atoms with Crippen molar-refractivity contribution in [3.05, 3.63) is 23.6 Å². The monoisotopic (exact) mass is 265 g/mol. The van der Waals surface area contributed by atoms with Crippen molar-refractivity contribution in [3.8, 4) is 0 Å². The van der Waals surface area contributed by atoms with E-state index in [0.717, 1.165) is 11.2 Å². The van der Waals surface area contributed by atoms with E-state index in [1.54, 1.807) is 15.3 Å². The quantitative estimate of drug-likeness (QED) is 0.671. The van der Waals surface area contributed by atoms with Crippen molar-refractivity contribution in [2.24, 2.45) is 7.05 Å². The molecule has 3 aromatic rings. The molecule has 6 nitrogen and oxygen atoms in total. The minimum atomic E-state index is 0.550. The average molecular weight is 265 g/mol. The first-order valence-electron chi connectivity index (χ1n) is 4.72. The van der Waals surface area contributed by atoms with Gasteiger partial charge in [0.15, 0.2) is 16.4 Å². The fraction of sp³-hybridized carbons (Fsp3) is 0.111. The van der Waals surface area contributed by atoms with Gasteiger partial charge in [-0.2, -0.15) is 0 Å². The van der Waals surface area contributed by atoms with Crippen molar-refractivity contribution >= 4 is 34.3 Å². The van der Waals surface area contributed by atoms with E-state index in [1.807, 2.05) is 18.6 Å². The molecule has 0 radical (unpaired) electrons. The number of carbonyl (C=O) groups is 1. The lowest BCUT2D eigenvalue weighted by Gasteiger charge is -1.97. The van der Waals surface area contributed by atoms with Crippen LogP contribution in [0.5, 0.6) is 0 Å². The number of hydrogen-bond acceptors (Lipinski definition) is 6. The predicted octanol–water partition coefficient (Wildman–Crippen LogP) is 1.49. The molecule has 3 rings (SSSR count). The van der Waals surface area contributed by atoms with Crippen LogP contribution in [0.2, 0.25) is 0 Å². The summed E-state index contributed by atoms with van der Waals surface area (Å²) in [6.45, 7) is 0.